The molecule has 6 heteroatoms. The summed E-state index contributed by atoms with van der Waals surface area (Å²) >= 11 is 0. The summed E-state index contributed by atoms with van der Waals surface area (Å²) < 4.78 is 12.5. The van der Waals surface area contributed by atoms with E-state index in [0.29, 0.717) is 34.0 Å². The average Bonchev–Trinajstić information content (AvgIpc) is 3.27. The fourth-order valence-corrected chi connectivity index (χ4v) is 3.35. The lowest BCUT2D eigenvalue weighted by molar-refractivity contribution is 0.174. The van der Waals surface area contributed by atoms with Gasteiger partial charge in [-0.3, -0.25) is 9.36 Å². The van der Waals surface area contributed by atoms with Crippen LogP contribution < -0.4 is 15.0 Å². The lowest BCUT2D eigenvalue weighted by Gasteiger charge is -2.11. The topological polar surface area (TPSA) is 66.2 Å². The van der Waals surface area contributed by atoms with Crippen molar-refractivity contribution in [3.63, 3.8) is 0 Å². The van der Waals surface area contributed by atoms with Crippen LogP contribution in [0.4, 0.5) is 0 Å². The van der Waals surface area contributed by atoms with Crippen LogP contribution in [0.1, 0.15) is 17.0 Å². The molecule has 0 saturated heterocycles. The first-order valence-corrected chi connectivity index (χ1v) is 9.26. The first-order valence-electron chi connectivity index (χ1n) is 9.26. The molecule has 1 aliphatic heterocycles. The molecule has 0 N–H and O–H groups in total. The van der Waals surface area contributed by atoms with Gasteiger partial charge in [0.1, 0.15) is 5.82 Å². The molecule has 3 heterocycles. The highest BCUT2D eigenvalue weighted by Gasteiger charge is 2.16. The van der Waals surface area contributed by atoms with Crippen molar-refractivity contribution in [3.8, 4) is 29.5 Å². The van der Waals surface area contributed by atoms with Crippen molar-refractivity contribution < 1.29 is 9.47 Å². The van der Waals surface area contributed by atoms with Gasteiger partial charge < -0.3 is 9.47 Å². The van der Waals surface area contributed by atoms with Crippen LogP contribution >= 0.6 is 0 Å². The van der Waals surface area contributed by atoms with E-state index in [2.05, 4.69) is 15.9 Å². The number of nitrogens with zero attached hydrogens (tertiary/aromatic N) is 3. The van der Waals surface area contributed by atoms with Gasteiger partial charge in [0.15, 0.2) is 17.1 Å². The Kier molecular flexibility index (Phi) is 4.26. The molecule has 0 fully saturated rings. The molecule has 4 aromatic rings. The number of hydrogen-bond acceptors (Lipinski definition) is 5. The van der Waals surface area contributed by atoms with Crippen molar-refractivity contribution in [1.82, 2.24) is 14.5 Å². The third-order valence-electron chi connectivity index (χ3n) is 4.80. The summed E-state index contributed by atoms with van der Waals surface area (Å²) in [5.74, 6) is 4.38. The summed E-state index contributed by atoms with van der Waals surface area (Å²) in [5.41, 5.74) is 2.40. The fourth-order valence-electron chi connectivity index (χ4n) is 3.35. The predicted molar refractivity (Wildman–Crippen MR) is 115 cm³/mol. The smallest absolute Gasteiger partial charge is 0.267 e. The minimum Gasteiger partial charge on any atom is -0.454 e. The molecule has 0 atom stereocenters. The van der Waals surface area contributed by atoms with Crippen LogP contribution in [-0.2, 0) is 0 Å². The van der Waals surface area contributed by atoms with Crippen molar-refractivity contribution in [2.45, 2.75) is 0 Å². The monoisotopic (exact) mass is 393 g/mol. The Morgan fingerprint density at radius 3 is 2.73 bits per heavy atom. The molecule has 2 aromatic heterocycles. The second-order valence-corrected chi connectivity index (χ2v) is 6.59. The van der Waals surface area contributed by atoms with Crippen LogP contribution in [0.25, 0.3) is 28.9 Å². The normalized spacial score (nSPS) is 12.4. The number of aromatic nitrogens is 3. The average molecular weight is 393 g/mol. The summed E-state index contributed by atoms with van der Waals surface area (Å²) in [6, 6.07) is 16.3. The van der Waals surface area contributed by atoms with Crippen LogP contribution in [0, 0.1) is 12.3 Å². The molecule has 2 aromatic carbocycles. The first kappa shape index (κ1) is 17.7. The molecule has 0 radical (unpaired) electrons. The zero-order valence-electron chi connectivity index (χ0n) is 15.8. The molecule has 0 bridgehead atoms. The molecule has 0 spiro atoms. The standard InChI is InChI=1S/C24H15N3O3/c1-2-16-8-11-18(12-9-16)27-21(26-23-19(24(27)28)6-4-14-25-23)13-10-17-5-3-7-20-22(17)30-15-29-20/h1,3-14H,15H2. The number of hydrogen-bond donors (Lipinski definition) is 0. The fraction of sp³-hybridized carbons (Fsp3) is 0.0417. The Morgan fingerprint density at radius 1 is 1.03 bits per heavy atom. The number of ether oxygens (including phenoxy) is 2. The maximum Gasteiger partial charge on any atom is 0.267 e. The molecule has 0 aliphatic carbocycles. The molecular formula is C24H15N3O3. The number of rotatable bonds is 3. The van der Waals surface area contributed by atoms with Crippen molar-refractivity contribution >= 4 is 23.2 Å². The zero-order chi connectivity index (χ0) is 20.5. The molecule has 144 valence electrons. The highest BCUT2D eigenvalue weighted by molar-refractivity contribution is 5.78. The van der Waals surface area contributed by atoms with Crippen LogP contribution in [0.2, 0.25) is 0 Å². The summed E-state index contributed by atoms with van der Waals surface area (Å²) in [7, 11) is 0. The molecule has 5 rings (SSSR count). The quantitative estimate of drug-likeness (QED) is 0.497. The number of terminal acetylenes is 1. The number of benzene rings is 2. The molecular weight excluding hydrogens is 378 g/mol. The zero-order valence-corrected chi connectivity index (χ0v) is 15.8. The Hall–Kier alpha value is -4.37. The van der Waals surface area contributed by atoms with Crippen LogP contribution in [0.3, 0.4) is 0 Å². The van der Waals surface area contributed by atoms with Crippen LogP contribution in [-0.4, -0.2) is 21.3 Å². The lowest BCUT2D eigenvalue weighted by Crippen LogP contribution is -2.22. The van der Waals surface area contributed by atoms with E-state index in [1.165, 1.54) is 0 Å². The van der Waals surface area contributed by atoms with E-state index in [-0.39, 0.29) is 12.4 Å². The predicted octanol–water partition coefficient (Wildman–Crippen LogP) is 3.66. The van der Waals surface area contributed by atoms with E-state index in [1.807, 2.05) is 24.3 Å². The van der Waals surface area contributed by atoms with Gasteiger partial charge in [-0.15, -0.1) is 6.42 Å². The van der Waals surface area contributed by atoms with Crippen molar-refractivity contribution in [1.29, 1.82) is 0 Å². The maximum atomic E-state index is 13.3. The van der Waals surface area contributed by atoms with Gasteiger partial charge in [-0.1, -0.05) is 18.1 Å². The Morgan fingerprint density at radius 2 is 1.90 bits per heavy atom. The van der Waals surface area contributed by atoms with Gasteiger partial charge in [-0.2, -0.15) is 0 Å². The molecule has 6 nitrogen and oxygen atoms in total. The highest BCUT2D eigenvalue weighted by Crippen LogP contribution is 2.36. The van der Waals surface area contributed by atoms with E-state index < -0.39 is 0 Å². The van der Waals surface area contributed by atoms with Crippen molar-refractivity contribution in [2.75, 3.05) is 6.79 Å². The number of pyridine rings is 1. The van der Waals surface area contributed by atoms with E-state index in [9.17, 15) is 4.79 Å². The van der Waals surface area contributed by atoms with Gasteiger partial charge in [-0.25, -0.2) is 9.97 Å². The summed E-state index contributed by atoms with van der Waals surface area (Å²) in [5, 5.41) is 0.438. The van der Waals surface area contributed by atoms with E-state index >= 15 is 0 Å². The minimum atomic E-state index is -0.209. The van der Waals surface area contributed by atoms with E-state index in [0.717, 1.165) is 11.1 Å². The summed E-state index contributed by atoms with van der Waals surface area (Å²) in [6.07, 6.45) is 10.7. The Labute approximate surface area is 172 Å². The van der Waals surface area contributed by atoms with Crippen LogP contribution in [0.15, 0.2) is 65.6 Å². The second-order valence-electron chi connectivity index (χ2n) is 6.59. The first-order chi connectivity index (χ1) is 14.7. The summed E-state index contributed by atoms with van der Waals surface area (Å²) in [6.45, 7) is 0.185. The third-order valence-corrected chi connectivity index (χ3v) is 4.80. The van der Waals surface area contributed by atoms with Gasteiger partial charge in [0, 0.05) is 17.3 Å². The lowest BCUT2D eigenvalue weighted by atomic mass is 10.1. The Bertz CT molecular complexity index is 1400. The molecule has 1 aliphatic rings. The van der Waals surface area contributed by atoms with Gasteiger partial charge in [-0.05, 0) is 54.6 Å². The SMILES string of the molecule is C#Cc1ccc(-n2c(C=Cc3cccc4c3OCO4)nc3ncccc3c2=O)cc1. The van der Waals surface area contributed by atoms with Gasteiger partial charge >= 0.3 is 0 Å². The van der Waals surface area contributed by atoms with E-state index in [4.69, 9.17) is 15.9 Å². The third kappa shape index (κ3) is 2.99. The Balaban J connectivity index is 1.70. The second kappa shape index (κ2) is 7.22. The summed E-state index contributed by atoms with van der Waals surface area (Å²) in [4.78, 5) is 22.1. The molecule has 0 amide bonds. The van der Waals surface area contributed by atoms with Crippen LogP contribution in [0.5, 0.6) is 11.5 Å². The minimum absolute atomic E-state index is 0.185. The molecule has 0 unspecified atom stereocenters. The maximum absolute atomic E-state index is 13.3. The van der Waals surface area contributed by atoms with Crippen molar-refractivity contribution in [2.24, 2.45) is 0 Å². The van der Waals surface area contributed by atoms with Gasteiger partial charge in [0.25, 0.3) is 5.56 Å². The largest absolute Gasteiger partial charge is 0.454 e. The number of fused-ring (bicyclic) bond motifs is 2. The van der Waals surface area contributed by atoms with E-state index in [1.54, 1.807) is 53.2 Å². The van der Waals surface area contributed by atoms with Gasteiger partial charge in [0.05, 0.1) is 11.1 Å². The highest BCUT2D eigenvalue weighted by atomic mass is 16.7. The molecule has 0 saturated carbocycles. The van der Waals surface area contributed by atoms with Crippen molar-refractivity contribution in [3.05, 3.63) is 88.1 Å². The molecule has 30 heavy (non-hydrogen) atoms. The van der Waals surface area contributed by atoms with Gasteiger partial charge in [0.2, 0.25) is 6.79 Å². The number of para-hydroxylation sites is 1.